The number of allylic oxidation sites excluding steroid dienone is 4. The highest BCUT2D eigenvalue weighted by Crippen LogP contribution is 2.33. The average molecular weight is 214 g/mol. The van der Waals surface area contributed by atoms with E-state index < -0.39 is 0 Å². The van der Waals surface area contributed by atoms with Crippen LogP contribution in [0.15, 0.2) is 29.1 Å². The number of aromatic amines is 1. The number of ketones is 2. The Bertz CT molecular complexity index is 576. The van der Waals surface area contributed by atoms with Crippen molar-refractivity contribution in [3.63, 3.8) is 0 Å². The number of imidazole rings is 1. The topological polar surface area (TPSA) is 62.8 Å². The van der Waals surface area contributed by atoms with E-state index in [1.807, 2.05) is 13.0 Å². The van der Waals surface area contributed by atoms with Crippen molar-refractivity contribution in [2.75, 3.05) is 0 Å². The first-order valence-corrected chi connectivity index (χ1v) is 5.19. The molecule has 0 aromatic carbocycles. The van der Waals surface area contributed by atoms with Gasteiger partial charge in [-0.3, -0.25) is 9.59 Å². The van der Waals surface area contributed by atoms with E-state index in [-0.39, 0.29) is 17.3 Å². The number of hydrogen-bond donors (Lipinski definition) is 1. The van der Waals surface area contributed by atoms with Gasteiger partial charge in [0.15, 0.2) is 0 Å². The number of hydrogen-bond acceptors (Lipinski definition) is 3. The smallest absolute Gasteiger partial charge is 0.210 e. The molecule has 0 unspecified atom stereocenters. The Hall–Kier alpha value is -1.97. The molecule has 0 radical (unpaired) electrons. The second-order valence-electron chi connectivity index (χ2n) is 4.17. The predicted molar refractivity (Wildman–Crippen MR) is 57.3 cm³/mol. The number of carbonyl (C=O) groups excluding carboxylic acids is 2. The van der Waals surface area contributed by atoms with Crippen molar-refractivity contribution in [2.45, 2.75) is 19.8 Å². The van der Waals surface area contributed by atoms with Gasteiger partial charge in [-0.05, 0) is 19.8 Å². The minimum Gasteiger partial charge on any atom is -0.341 e. The molecule has 2 aliphatic carbocycles. The zero-order valence-electron chi connectivity index (χ0n) is 8.83. The lowest BCUT2D eigenvalue weighted by molar-refractivity contribution is 0.0965. The van der Waals surface area contributed by atoms with Gasteiger partial charge in [0.05, 0.1) is 6.33 Å². The third-order valence-corrected chi connectivity index (χ3v) is 3.10. The number of rotatable bonds is 0. The zero-order chi connectivity index (χ0) is 11.3. The van der Waals surface area contributed by atoms with Crippen molar-refractivity contribution >= 4 is 11.6 Å². The second kappa shape index (κ2) is 3.01. The van der Waals surface area contributed by atoms with Gasteiger partial charge in [-0.1, -0.05) is 11.6 Å². The minimum atomic E-state index is -0.102. The van der Waals surface area contributed by atoms with Crippen LogP contribution in [0, 0.1) is 0 Å². The lowest BCUT2D eigenvalue weighted by atomic mass is 9.82. The molecule has 0 fully saturated rings. The van der Waals surface area contributed by atoms with Crippen molar-refractivity contribution in [3.05, 3.63) is 40.5 Å². The van der Waals surface area contributed by atoms with E-state index in [0.29, 0.717) is 29.7 Å². The summed E-state index contributed by atoms with van der Waals surface area (Å²) in [4.78, 5) is 30.8. The van der Waals surface area contributed by atoms with E-state index in [2.05, 4.69) is 9.97 Å². The number of fused-ring (bicyclic) bond motifs is 1. The molecule has 0 atom stereocenters. The molecule has 16 heavy (non-hydrogen) atoms. The molecule has 2 aliphatic rings. The van der Waals surface area contributed by atoms with Crippen LogP contribution >= 0.6 is 0 Å². The molecule has 0 aliphatic heterocycles. The molecule has 0 saturated heterocycles. The third-order valence-electron chi connectivity index (χ3n) is 3.10. The highest BCUT2D eigenvalue weighted by molar-refractivity contribution is 6.25. The van der Waals surface area contributed by atoms with E-state index >= 15 is 0 Å². The summed E-state index contributed by atoms with van der Waals surface area (Å²) in [6.45, 7) is 1.98. The van der Waals surface area contributed by atoms with Crippen molar-refractivity contribution in [3.8, 4) is 0 Å². The van der Waals surface area contributed by atoms with E-state index in [1.165, 1.54) is 6.33 Å². The summed E-state index contributed by atoms with van der Waals surface area (Å²) < 4.78 is 0. The van der Waals surface area contributed by atoms with E-state index in [0.717, 1.165) is 5.57 Å². The molecule has 1 heterocycles. The molecule has 1 aromatic heterocycles. The largest absolute Gasteiger partial charge is 0.341 e. The number of nitrogens with zero attached hydrogens (tertiary/aromatic N) is 1. The Morgan fingerprint density at radius 2 is 2.06 bits per heavy atom. The van der Waals surface area contributed by atoms with E-state index in [1.54, 1.807) is 0 Å². The van der Waals surface area contributed by atoms with Crippen molar-refractivity contribution < 1.29 is 9.59 Å². The lowest BCUT2D eigenvalue weighted by Crippen LogP contribution is -2.23. The number of carbonyl (C=O) groups is 2. The maximum Gasteiger partial charge on any atom is 0.210 e. The summed E-state index contributed by atoms with van der Waals surface area (Å²) in [6, 6.07) is 0. The summed E-state index contributed by atoms with van der Waals surface area (Å²) in [7, 11) is 0. The normalized spacial score (nSPS) is 19.4. The van der Waals surface area contributed by atoms with Crippen molar-refractivity contribution in [2.24, 2.45) is 0 Å². The first-order chi connectivity index (χ1) is 7.68. The molecular weight excluding hydrogens is 204 g/mol. The Morgan fingerprint density at radius 1 is 1.25 bits per heavy atom. The SMILES string of the molecule is CC1=CCC2=C(C1)C(=O)c1[nH]cnc1C2=O. The fraction of sp³-hybridized carbons (Fsp3) is 0.250. The van der Waals surface area contributed by atoms with Crippen LogP contribution in [0.1, 0.15) is 40.7 Å². The first-order valence-electron chi connectivity index (χ1n) is 5.19. The highest BCUT2D eigenvalue weighted by atomic mass is 16.1. The van der Waals surface area contributed by atoms with Crippen LogP contribution in [0.2, 0.25) is 0 Å². The van der Waals surface area contributed by atoms with Gasteiger partial charge in [-0.2, -0.15) is 0 Å². The van der Waals surface area contributed by atoms with Crippen LogP contribution in [-0.4, -0.2) is 21.5 Å². The van der Waals surface area contributed by atoms with E-state index in [4.69, 9.17) is 0 Å². The Kier molecular flexibility index (Phi) is 1.74. The maximum atomic E-state index is 12.1. The van der Waals surface area contributed by atoms with Crippen LogP contribution in [0.5, 0.6) is 0 Å². The molecule has 1 aromatic rings. The summed E-state index contributed by atoms with van der Waals surface area (Å²) >= 11 is 0. The van der Waals surface area contributed by atoms with Gasteiger partial charge in [-0.15, -0.1) is 0 Å². The molecule has 4 nitrogen and oxygen atoms in total. The molecular formula is C12H10N2O2. The number of H-pyrrole nitrogens is 1. The standard InChI is InChI=1S/C12H10N2O2/c1-6-2-3-7-8(4-6)12(16)10-9(11(7)15)13-5-14-10/h2,5H,3-4H2,1H3,(H,13,14). The summed E-state index contributed by atoms with van der Waals surface area (Å²) in [6.07, 6.45) is 4.54. The minimum absolute atomic E-state index is 0.0745. The molecule has 3 rings (SSSR count). The lowest BCUT2D eigenvalue weighted by Gasteiger charge is -2.20. The predicted octanol–water partition coefficient (Wildman–Crippen LogP) is 1.83. The third kappa shape index (κ3) is 1.07. The first kappa shape index (κ1) is 9.27. The zero-order valence-corrected chi connectivity index (χ0v) is 8.83. The number of Topliss-reactive ketones (excluding diaryl/α,β-unsaturated/α-hetero) is 2. The van der Waals surface area contributed by atoms with Gasteiger partial charge >= 0.3 is 0 Å². The maximum absolute atomic E-state index is 12.1. The molecule has 80 valence electrons. The van der Waals surface area contributed by atoms with Gasteiger partial charge in [0, 0.05) is 11.1 Å². The Labute approximate surface area is 92.1 Å². The molecule has 4 heteroatoms. The van der Waals surface area contributed by atoms with Crippen LogP contribution in [0.25, 0.3) is 0 Å². The van der Waals surface area contributed by atoms with Crippen LogP contribution < -0.4 is 0 Å². The van der Waals surface area contributed by atoms with Crippen LogP contribution in [-0.2, 0) is 0 Å². The Balaban J connectivity index is 2.17. The van der Waals surface area contributed by atoms with Gasteiger partial charge in [0.25, 0.3) is 0 Å². The highest BCUT2D eigenvalue weighted by Gasteiger charge is 2.34. The summed E-state index contributed by atoms with van der Waals surface area (Å²) in [5.74, 6) is -0.177. The molecule has 1 N–H and O–H groups in total. The number of aromatic nitrogens is 2. The van der Waals surface area contributed by atoms with Gasteiger partial charge in [-0.25, -0.2) is 4.98 Å². The summed E-state index contributed by atoms with van der Waals surface area (Å²) in [5, 5.41) is 0. The average Bonchev–Trinajstić information content (AvgIpc) is 2.75. The fourth-order valence-electron chi connectivity index (χ4n) is 2.24. The van der Waals surface area contributed by atoms with Gasteiger partial charge in [0.2, 0.25) is 11.6 Å². The van der Waals surface area contributed by atoms with Crippen molar-refractivity contribution in [1.29, 1.82) is 0 Å². The molecule has 0 saturated carbocycles. The van der Waals surface area contributed by atoms with Gasteiger partial charge in [0.1, 0.15) is 11.4 Å². The number of nitrogens with one attached hydrogen (secondary N) is 1. The Morgan fingerprint density at radius 3 is 2.88 bits per heavy atom. The molecule has 0 bridgehead atoms. The monoisotopic (exact) mass is 214 g/mol. The summed E-state index contributed by atoms with van der Waals surface area (Å²) in [5.41, 5.74) is 3.02. The van der Waals surface area contributed by atoms with E-state index in [9.17, 15) is 9.59 Å². The molecule has 0 spiro atoms. The molecule has 0 amide bonds. The van der Waals surface area contributed by atoms with Crippen molar-refractivity contribution in [1.82, 2.24) is 9.97 Å². The van der Waals surface area contributed by atoms with Crippen LogP contribution in [0.4, 0.5) is 0 Å². The van der Waals surface area contributed by atoms with Crippen LogP contribution in [0.3, 0.4) is 0 Å². The quantitative estimate of drug-likeness (QED) is 0.670. The van der Waals surface area contributed by atoms with Gasteiger partial charge < -0.3 is 4.98 Å². The fourth-order valence-corrected chi connectivity index (χ4v) is 2.24. The second-order valence-corrected chi connectivity index (χ2v) is 4.17.